The van der Waals surface area contributed by atoms with Gasteiger partial charge in [0.15, 0.2) is 38.7 Å². The number of ether oxygens (including phenoxy) is 5. The summed E-state index contributed by atoms with van der Waals surface area (Å²) in [5.41, 5.74) is 0.790. The first kappa shape index (κ1) is 28.4. The van der Waals surface area contributed by atoms with Crippen LogP contribution in [-0.2, 0) is 28.1 Å². The second kappa shape index (κ2) is 10.9. The molecule has 0 bridgehead atoms. The quantitative estimate of drug-likeness (QED) is 0.326. The molecule has 2 saturated heterocycles. The molecule has 0 radical (unpaired) electrons. The van der Waals surface area contributed by atoms with Gasteiger partial charge < -0.3 is 28.1 Å². The second-order valence-electron chi connectivity index (χ2n) is 11.7. The van der Waals surface area contributed by atoms with E-state index in [4.69, 9.17) is 28.1 Å². The van der Waals surface area contributed by atoms with Crippen LogP contribution in [0.1, 0.15) is 55.3 Å². The van der Waals surface area contributed by atoms with Crippen LogP contribution in [0.2, 0.25) is 18.1 Å². The van der Waals surface area contributed by atoms with Crippen LogP contribution in [0.3, 0.4) is 0 Å². The van der Waals surface area contributed by atoms with Crippen molar-refractivity contribution in [2.75, 3.05) is 6.61 Å². The Morgan fingerprint density at radius 3 is 2.03 bits per heavy atom. The molecule has 2 aromatic rings. The Morgan fingerprint density at radius 1 is 0.921 bits per heavy atom. The molecule has 5 atom stereocenters. The SMILES string of the molecule is CC1(C)OC2C(OC(=O)c3ccccc3)[C@@H](C(CO[Si](C)(C)C(C)(C)C)OC(=O)c3ccccc3)O[C@@H]2O1. The minimum Gasteiger partial charge on any atom is -0.453 e. The van der Waals surface area contributed by atoms with Gasteiger partial charge in [-0.2, -0.15) is 0 Å². The zero-order chi connectivity index (χ0) is 27.7. The van der Waals surface area contributed by atoms with Crippen molar-refractivity contribution in [1.29, 1.82) is 0 Å². The number of fused-ring (bicyclic) bond motifs is 1. The first-order valence-electron chi connectivity index (χ1n) is 12.9. The number of carbonyl (C=O) groups excluding carboxylic acids is 2. The lowest BCUT2D eigenvalue weighted by Gasteiger charge is -2.38. The van der Waals surface area contributed by atoms with Crippen LogP contribution in [-0.4, -0.2) is 63.4 Å². The van der Waals surface area contributed by atoms with Crippen molar-refractivity contribution in [2.45, 2.75) is 89.2 Å². The molecule has 38 heavy (non-hydrogen) atoms. The summed E-state index contributed by atoms with van der Waals surface area (Å²) in [6, 6.07) is 17.4. The van der Waals surface area contributed by atoms with E-state index in [1.807, 2.05) is 12.1 Å². The summed E-state index contributed by atoms with van der Waals surface area (Å²) in [5.74, 6) is -1.98. The third-order valence-electron chi connectivity index (χ3n) is 7.33. The highest BCUT2D eigenvalue weighted by Crippen LogP contribution is 2.42. The summed E-state index contributed by atoms with van der Waals surface area (Å²) in [6.07, 6.45) is -4.15. The maximum Gasteiger partial charge on any atom is 0.338 e. The van der Waals surface area contributed by atoms with Crippen molar-refractivity contribution in [2.24, 2.45) is 0 Å². The maximum absolute atomic E-state index is 13.1. The largest absolute Gasteiger partial charge is 0.453 e. The lowest BCUT2D eigenvalue weighted by atomic mass is 10.1. The molecule has 0 N–H and O–H groups in total. The molecule has 0 aliphatic carbocycles. The molecular weight excluding hydrogens is 504 g/mol. The van der Waals surface area contributed by atoms with Crippen LogP contribution in [0, 0.1) is 0 Å². The molecule has 8 nitrogen and oxygen atoms in total. The Hall–Kier alpha value is -2.56. The minimum absolute atomic E-state index is 0.0660. The molecule has 2 aliphatic heterocycles. The Morgan fingerprint density at radius 2 is 1.47 bits per heavy atom. The fourth-order valence-electron chi connectivity index (χ4n) is 4.19. The van der Waals surface area contributed by atoms with Crippen LogP contribution in [0.25, 0.3) is 0 Å². The van der Waals surface area contributed by atoms with E-state index in [0.717, 1.165) is 0 Å². The van der Waals surface area contributed by atoms with Crippen LogP contribution in [0.15, 0.2) is 60.7 Å². The molecule has 0 spiro atoms. The maximum atomic E-state index is 13.1. The molecular formula is C29H38O8Si. The predicted octanol–water partition coefficient (Wildman–Crippen LogP) is 5.34. The van der Waals surface area contributed by atoms with Crippen molar-refractivity contribution >= 4 is 20.3 Å². The van der Waals surface area contributed by atoms with Gasteiger partial charge in [0.05, 0.1) is 17.7 Å². The molecule has 2 heterocycles. The molecule has 2 aromatic carbocycles. The summed E-state index contributed by atoms with van der Waals surface area (Å²) >= 11 is 0. The van der Waals surface area contributed by atoms with E-state index in [-0.39, 0.29) is 11.6 Å². The zero-order valence-corrected chi connectivity index (χ0v) is 24.1. The van der Waals surface area contributed by atoms with Gasteiger partial charge in [-0.25, -0.2) is 9.59 Å². The number of rotatable bonds is 8. The van der Waals surface area contributed by atoms with E-state index in [2.05, 4.69) is 33.9 Å². The fraction of sp³-hybridized carbons (Fsp3) is 0.517. The smallest absolute Gasteiger partial charge is 0.338 e. The monoisotopic (exact) mass is 542 g/mol. The first-order valence-corrected chi connectivity index (χ1v) is 15.9. The number of carbonyl (C=O) groups is 2. The molecule has 0 aromatic heterocycles. The molecule has 3 unspecified atom stereocenters. The summed E-state index contributed by atoms with van der Waals surface area (Å²) in [4.78, 5) is 26.2. The zero-order valence-electron chi connectivity index (χ0n) is 23.1. The molecule has 2 fully saturated rings. The van der Waals surface area contributed by atoms with Gasteiger partial charge in [-0.3, -0.25) is 0 Å². The van der Waals surface area contributed by atoms with E-state index in [0.29, 0.717) is 11.1 Å². The van der Waals surface area contributed by atoms with E-state index in [1.54, 1.807) is 62.4 Å². The summed E-state index contributed by atoms with van der Waals surface area (Å²) in [5, 5.41) is -0.0660. The van der Waals surface area contributed by atoms with E-state index >= 15 is 0 Å². The van der Waals surface area contributed by atoms with Gasteiger partial charge in [0, 0.05) is 0 Å². The third-order valence-corrected chi connectivity index (χ3v) is 11.8. The summed E-state index contributed by atoms with van der Waals surface area (Å²) in [7, 11) is -2.22. The predicted molar refractivity (Wildman–Crippen MR) is 143 cm³/mol. The lowest BCUT2D eigenvalue weighted by Crippen LogP contribution is -2.50. The molecule has 206 valence electrons. The average molecular weight is 543 g/mol. The Labute approximate surface area is 225 Å². The van der Waals surface area contributed by atoms with E-state index < -0.39 is 56.7 Å². The van der Waals surface area contributed by atoms with Gasteiger partial charge >= 0.3 is 11.9 Å². The lowest BCUT2D eigenvalue weighted by molar-refractivity contribution is -0.227. The van der Waals surface area contributed by atoms with Gasteiger partial charge in [-0.1, -0.05) is 57.2 Å². The Balaban J connectivity index is 1.63. The van der Waals surface area contributed by atoms with Crippen LogP contribution in [0.4, 0.5) is 0 Å². The topological polar surface area (TPSA) is 89.5 Å². The van der Waals surface area contributed by atoms with Crippen molar-refractivity contribution in [1.82, 2.24) is 0 Å². The molecule has 0 amide bonds. The number of esters is 2. The highest BCUT2D eigenvalue weighted by molar-refractivity contribution is 6.74. The van der Waals surface area contributed by atoms with Gasteiger partial charge in [0.1, 0.15) is 6.10 Å². The minimum atomic E-state index is -2.22. The normalized spacial score (nSPS) is 25.4. The van der Waals surface area contributed by atoms with Gasteiger partial charge in [-0.05, 0) is 56.2 Å². The Bertz CT molecular complexity index is 1110. The second-order valence-corrected chi connectivity index (χ2v) is 16.5. The standard InChI is InChI=1S/C29H38O8Si/c1-28(2,3)38(6,7)32-18-21(33-25(30)19-14-10-8-11-15-19)22-23(24-27(35-22)37-29(4,5)36-24)34-26(31)20-16-12-9-13-17-20/h8-17,21-24,27H,18H2,1-7H3/t21?,22-,23?,24?,27-/m1/s1. The first-order chi connectivity index (χ1) is 17.8. The summed E-state index contributed by atoms with van der Waals surface area (Å²) < 4.78 is 36.7. The van der Waals surface area contributed by atoms with Gasteiger partial charge in [0.2, 0.25) is 0 Å². The van der Waals surface area contributed by atoms with Crippen molar-refractivity contribution in [3.63, 3.8) is 0 Å². The van der Waals surface area contributed by atoms with Gasteiger partial charge in [-0.15, -0.1) is 0 Å². The van der Waals surface area contributed by atoms with Crippen molar-refractivity contribution in [3.05, 3.63) is 71.8 Å². The summed E-state index contributed by atoms with van der Waals surface area (Å²) in [6.45, 7) is 14.3. The number of benzene rings is 2. The molecule has 0 saturated carbocycles. The average Bonchev–Trinajstić information content (AvgIpc) is 3.33. The van der Waals surface area contributed by atoms with Crippen LogP contribution < -0.4 is 0 Å². The van der Waals surface area contributed by atoms with E-state index in [9.17, 15) is 9.59 Å². The van der Waals surface area contributed by atoms with E-state index in [1.165, 1.54) is 0 Å². The third kappa shape index (κ3) is 6.35. The Kier molecular flexibility index (Phi) is 8.16. The van der Waals surface area contributed by atoms with Crippen molar-refractivity contribution in [3.8, 4) is 0 Å². The van der Waals surface area contributed by atoms with Crippen LogP contribution in [0.5, 0.6) is 0 Å². The number of hydrogen-bond donors (Lipinski definition) is 0. The highest BCUT2D eigenvalue weighted by Gasteiger charge is 2.59. The fourth-order valence-corrected chi connectivity index (χ4v) is 5.20. The number of hydrogen-bond acceptors (Lipinski definition) is 8. The van der Waals surface area contributed by atoms with Gasteiger partial charge in [0.25, 0.3) is 0 Å². The van der Waals surface area contributed by atoms with Crippen LogP contribution >= 0.6 is 0 Å². The highest BCUT2D eigenvalue weighted by atomic mass is 28.4. The molecule has 2 aliphatic rings. The van der Waals surface area contributed by atoms with Crippen molar-refractivity contribution < 1.29 is 37.7 Å². The molecule has 4 rings (SSSR count). The molecule has 9 heteroatoms.